The highest BCUT2D eigenvalue weighted by atomic mass is 79.9. The predicted molar refractivity (Wildman–Crippen MR) is 80.7 cm³/mol. The Morgan fingerprint density at radius 3 is 2.79 bits per heavy atom. The molecule has 3 unspecified atom stereocenters. The van der Waals surface area contributed by atoms with Crippen LogP contribution in [0.2, 0.25) is 0 Å². The molecule has 2 fully saturated rings. The highest BCUT2D eigenvalue weighted by Gasteiger charge is 2.39. The van der Waals surface area contributed by atoms with Gasteiger partial charge in [-0.2, -0.15) is 0 Å². The third-order valence-corrected chi connectivity index (χ3v) is 5.48. The molecule has 0 aliphatic heterocycles. The molecule has 2 aliphatic carbocycles. The number of fused-ring (bicyclic) bond motifs is 2. The zero-order valence-corrected chi connectivity index (χ0v) is 12.8. The van der Waals surface area contributed by atoms with Crippen LogP contribution in [0.25, 0.3) is 0 Å². The Kier molecular flexibility index (Phi) is 3.46. The number of halogens is 2. The van der Waals surface area contributed by atoms with Gasteiger partial charge >= 0.3 is 0 Å². The van der Waals surface area contributed by atoms with Gasteiger partial charge in [-0.15, -0.1) is 0 Å². The molecule has 0 heterocycles. The van der Waals surface area contributed by atoms with Gasteiger partial charge in [0, 0.05) is 19.7 Å². The Morgan fingerprint density at radius 1 is 1.37 bits per heavy atom. The fourth-order valence-corrected chi connectivity index (χ4v) is 4.29. The standard InChI is InChI=1S/C15H20BrFN2/c1-19(8-11-5-9-2-3-10(11)4-9)15-7-13(17)12(16)6-14(15)18/h6-7,9-11H,2-5,8,18H2,1H3. The lowest BCUT2D eigenvalue weighted by Crippen LogP contribution is -2.29. The Labute approximate surface area is 122 Å². The molecule has 19 heavy (non-hydrogen) atoms. The fourth-order valence-electron chi connectivity index (χ4n) is 3.93. The number of hydrogen-bond donors (Lipinski definition) is 1. The zero-order chi connectivity index (χ0) is 13.6. The molecule has 0 radical (unpaired) electrons. The van der Waals surface area contributed by atoms with Crippen LogP contribution < -0.4 is 10.6 Å². The van der Waals surface area contributed by atoms with Crippen LogP contribution in [0.3, 0.4) is 0 Å². The van der Waals surface area contributed by atoms with E-state index in [1.54, 1.807) is 6.07 Å². The molecule has 1 aromatic rings. The van der Waals surface area contributed by atoms with Crippen molar-refractivity contribution in [3.05, 3.63) is 22.4 Å². The second-order valence-corrected chi connectivity index (χ2v) is 6.99. The average Bonchev–Trinajstić information content (AvgIpc) is 2.95. The summed E-state index contributed by atoms with van der Waals surface area (Å²) in [6, 6.07) is 3.19. The summed E-state index contributed by atoms with van der Waals surface area (Å²) in [7, 11) is 2.02. The van der Waals surface area contributed by atoms with Crippen LogP contribution in [0.15, 0.2) is 16.6 Å². The van der Waals surface area contributed by atoms with Gasteiger partial charge in [0.25, 0.3) is 0 Å². The van der Waals surface area contributed by atoms with Gasteiger partial charge in [0.15, 0.2) is 0 Å². The quantitative estimate of drug-likeness (QED) is 0.849. The molecule has 2 nitrogen and oxygen atoms in total. The maximum atomic E-state index is 13.7. The summed E-state index contributed by atoms with van der Waals surface area (Å²) < 4.78 is 14.1. The molecule has 3 atom stereocenters. The minimum atomic E-state index is -0.246. The molecule has 0 spiro atoms. The van der Waals surface area contributed by atoms with E-state index < -0.39 is 0 Å². The van der Waals surface area contributed by atoms with Crippen molar-refractivity contribution in [2.24, 2.45) is 17.8 Å². The summed E-state index contributed by atoms with van der Waals surface area (Å²) in [5.41, 5.74) is 7.45. The number of benzene rings is 1. The number of nitrogens with zero attached hydrogens (tertiary/aromatic N) is 1. The van der Waals surface area contributed by atoms with Crippen LogP contribution in [-0.4, -0.2) is 13.6 Å². The molecule has 2 aliphatic rings. The van der Waals surface area contributed by atoms with Gasteiger partial charge in [0.2, 0.25) is 0 Å². The van der Waals surface area contributed by atoms with Gasteiger partial charge in [0.1, 0.15) is 5.82 Å². The Bertz CT molecular complexity index is 491. The first kappa shape index (κ1) is 13.2. The van der Waals surface area contributed by atoms with Crippen LogP contribution in [0, 0.1) is 23.6 Å². The summed E-state index contributed by atoms with van der Waals surface area (Å²) >= 11 is 3.17. The topological polar surface area (TPSA) is 29.3 Å². The largest absolute Gasteiger partial charge is 0.397 e. The maximum absolute atomic E-state index is 13.7. The van der Waals surface area contributed by atoms with E-state index in [1.807, 2.05) is 7.05 Å². The van der Waals surface area contributed by atoms with Crippen molar-refractivity contribution in [1.82, 2.24) is 0 Å². The summed E-state index contributed by atoms with van der Waals surface area (Å²) in [5.74, 6) is 2.34. The van der Waals surface area contributed by atoms with Crippen LogP contribution in [0.4, 0.5) is 15.8 Å². The molecule has 1 aromatic carbocycles. The Balaban J connectivity index is 1.73. The van der Waals surface area contributed by atoms with Gasteiger partial charge in [-0.3, -0.25) is 0 Å². The van der Waals surface area contributed by atoms with E-state index in [1.165, 1.54) is 31.7 Å². The third-order valence-electron chi connectivity index (χ3n) is 4.87. The fraction of sp³-hybridized carbons (Fsp3) is 0.600. The van der Waals surface area contributed by atoms with Gasteiger partial charge in [-0.1, -0.05) is 6.42 Å². The molecule has 2 N–H and O–H groups in total. The molecule has 2 bridgehead atoms. The number of nitrogen functional groups attached to an aromatic ring is 1. The lowest BCUT2D eigenvalue weighted by molar-refractivity contribution is 0.337. The average molecular weight is 327 g/mol. The normalized spacial score (nSPS) is 28.9. The lowest BCUT2D eigenvalue weighted by atomic mass is 9.88. The van der Waals surface area contributed by atoms with Crippen LogP contribution in [-0.2, 0) is 0 Å². The summed E-state index contributed by atoms with van der Waals surface area (Å²) in [4.78, 5) is 2.12. The first-order valence-corrected chi connectivity index (χ1v) is 7.79. The SMILES string of the molecule is CN(CC1CC2CCC1C2)c1cc(F)c(Br)cc1N. The summed E-state index contributed by atoms with van der Waals surface area (Å²) in [6.07, 6.45) is 5.55. The van der Waals surface area contributed by atoms with Gasteiger partial charge < -0.3 is 10.6 Å². The Hall–Kier alpha value is -0.770. The first-order chi connectivity index (χ1) is 9.04. The van der Waals surface area contributed by atoms with Crippen molar-refractivity contribution in [3.8, 4) is 0 Å². The number of hydrogen-bond acceptors (Lipinski definition) is 2. The number of rotatable bonds is 3. The van der Waals surface area contributed by atoms with E-state index in [9.17, 15) is 4.39 Å². The second kappa shape index (κ2) is 4.97. The third kappa shape index (κ3) is 2.47. The number of anilines is 2. The molecule has 0 aromatic heterocycles. The van der Waals surface area contributed by atoms with Crippen molar-refractivity contribution in [2.45, 2.75) is 25.7 Å². The zero-order valence-electron chi connectivity index (χ0n) is 11.2. The van der Waals surface area contributed by atoms with E-state index in [-0.39, 0.29) is 5.82 Å². The molecule has 3 rings (SSSR count). The van der Waals surface area contributed by atoms with E-state index >= 15 is 0 Å². The summed E-state index contributed by atoms with van der Waals surface area (Å²) in [5, 5.41) is 0. The van der Waals surface area contributed by atoms with Gasteiger partial charge in [0.05, 0.1) is 15.8 Å². The van der Waals surface area contributed by atoms with E-state index in [0.29, 0.717) is 10.2 Å². The minimum absolute atomic E-state index is 0.246. The number of nitrogens with two attached hydrogens (primary N) is 1. The van der Waals surface area contributed by atoms with Crippen molar-refractivity contribution < 1.29 is 4.39 Å². The molecule has 104 valence electrons. The second-order valence-electron chi connectivity index (χ2n) is 6.14. The van der Waals surface area contributed by atoms with Crippen LogP contribution in [0.1, 0.15) is 25.7 Å². The molecule has 0 amide bonds. The van der Waals surface area contributed by atoms with Crippen molar-refractivity contribution in [3.63, 3.8) is 0 Å². The smallest absolute Gasteiger partial charge is 0.139 e. The maximum Gasteiger partial charge on any atom is 0.139 e. The Morgan fingerprint density at radius 2 is 2.16 bits per heavy atom. The van der Waals surface area contributed by atoms with Gasteiger partial charge in [-0.25, -0.2) is 4.39 Å². The summed E-state index contributed by atoms with van der Waals surface area (Å²) in [6.45, 7) is 0.992. The van der Waals surface area contributed by atoms with Crippen molar-refractivity contribution in [2.75, 3.05) is 24.2 Å². The molecular formula is C15H20BrFN2. The van der Waals surface area contributed by atoms with Crippen molar-refractivity contribution in [1.29, 1.82) is 0 Å². The van der Waals surface area contributed by atoms with E-state index in [2.05, 4.69) is 20.8 Å². The van der Waals surface area contributed by atoms with Gasteiger partial charge in [-0.05, 0) is 59.0 Å². The van der Waals surface area contributed by atoms with E-state index in [0.717, 1.165) is 30.0 Å². The predicted octanol–water partition coefficient (Wildman–Crippen LogP) is 4.04. The molecule has 0 saturated heterocycles. The monoisotopic (exact) mass is 326 g/mol. The van der Waals surface area contributed by atoms with E-state index in [4.69, 9.17) is 5.73 Å². The lowest BCUT2D eigenvalue weighted by Gasteiger charge is -2.29. The van der Waals surface area contributed by atoms with Crippen LogP contribution >= 0.6 is 15.9 Å². The molecule has 2 saturated carbocycles. The molecule has 4 heteroatoms. The first-order valence-electron chi connectivity index (χ1n) is 7.00. The highest BCUT2D eigenvalue weighted by Crippen LogP contribution is 2.48. The van der Waals surface area contributed by atoms with Crippen LogP contribution in [0.5, 0.6) is 0 Å². The minimum Gasteiger partial charge on any atom is -0.397 e. The highest BCUT2D eigenvalue weighted by molar-refractivity contribution is 9.10. The molecular weight excluding hydrogens is 307 g/mol. The van der Waals surface area contributed by atoms with Crippen molar-refractivity contribution >= 4 is 27.3 Å².